The first-order valence-electron chi connectivity index (χ1n) is 11.2. The van der Waals surface area contributed by atoms with Crippen molar-refractivity contribution < 1.29 is 62.8 Å². The maximum Gasteiger partial charge on any atom is 1.00 e. The quantitative estimate of drug-likeness (QED) is 0.228. The zero-order valence-corrected chi connectivity index (χ0v) is 22.4. The molecule has 0 fully saturated rings. The summed E-state index contributed by atoms with van der Waals surface area (Å²) in [7, 11) is 1.24. The van der Waals surface area contributed by atoms with Crippen LogP contribution in [-0.4, -0.2) is 70.6 Å². The summed E-state index contributed by atoms with van der Waals surface area (Å²) in [6.07, 6.45) is 0. The zero-order chi connectivity index (χ0) is 27.7. The smallest absolute Gasteiger partial charge is 0.870 e. The number of hydrogen-bond donors (Lipinski definition) is 3. The standard InChI is InChI=1S/C13H15FN2O3.C12H13FN2O3.Li.H2O/c1-13(2,18)7-16-10-5-4-8(14)6-9(10)11(15-16)12(17)19-3;1-12(2,18)6-15-9-4-3-7(13)5-8(9)10(14-15)11(16)17;;/h4-6,18H,7H2,1-3H3;3-5,18H,6H2,1-2H3,(H,16,17);;1H2/q;;+1;/p-1. The molecule has 11 nitrogen and oxygen atoms in total. The van der Waals surface area contributed by atoms with E-state index in [1.807, 2.05) is 0 Å². The summed E-state index contributed by atoms with van der Waals surface area (Å²) < 4.78 is 33.9. The number of nitrogens with zero attached hydrogens (tertiary/aromatic N) is 4. The molecule has 0 saturated carbocycles. The van der Waals surface area contributed by atoms with Gasteiger partial charge in [-0.3, -0.25) is 9.36 Å². The molecular weight excluding hydrogens is 513 g/mol. The third-order valence-corrected chi connectivity index (χ3v) is 5.08. The monoisotopic (exact) mass is 542 g/mol. The van der Waals surface area contributed by atoms with Gasteiger partial charge in [-0.1, -0.05) is 0 Å². The van der Waals surface area contributed by atoms with Gasteiger partial charge >= 0.3 is 30.8 Å². The van der Waals surface area contributed by atoms with Crippen LogP contribution in [0.3, 0.4) is 0 Å². The van der Waals surface area contributed by atoms with Gasteiger partial charge in [-0.25, -0.2) is 18.4 Å². The van der Waals surface area contributed by atoms with Gasteiger partial charge in [0.05, 0.1) is 42.4 Å². The number of aromatic nitrogens is 4. The second-order valence-corrected chi connectivity index (χ2v) is 9.76. The predicted molar refractivity (Wildman–Crippen MR) is 132 cm³/mol. The zero-order valence-electron chi connectivity index (χ0n) is 22.4. The molecule has 0 bridgehead atoms. The first kappa shape index (κ1) is 33.7. The number of fused-ring (bicyclic) bond motifs is 2. The van der Waals surface area contributed by atoms with E-state index in [2.05, 4.69) is 14.9 Å². The van der Waals surface area contributed by atoms with Gasteiger partial charge in [-0.05, 0) is 64.1 Å². The van der Waals surface area contributed by atoms with E-state index in [0.29, 0.717) is 16.4 Å². The van der Waals surface area contributed by atoms with E-state index in [1.54, 1.807) is 27.7 Å². The molecule has 0 aliphatic heterocycles. The molecule has 2 aromatic carbocycles. The average molecular weight is 542 g/mol. The van der Waals surface area contributed by atoms with Crippen molar-refractivity contribution >= 4 is 33.7 Å². The Balaban J connectivity index is 0.000000371. The van der Waals surface area contributed by atoms with Crippen LogP contribution < -0.4 is 18.9 Å². The SMILES string of the molecule is CC(C)(O)Cn1nc(C(=O)O)c2cc(F)ccc21.COC(=O)c1nn(CC(C)(C)O)c2ccc(F)cc12.[Li+].[OH-]. The molecule has 4 rings (SSSR count). The number of ether oxygens (including phenoxy) is 1. The average Bonchev–Trinajstić information content (AvgIpc) is 3.29. The van der Waals surface area contributed by atoms with E-state index in [4.69, 9.17) is 5.11 Å². The van der Waals surface area contributed by atoms with E-state index >= 15 is 0 Å². The third kappa shape index (κ3) is 8.32. The predicted octanol–water partition coefficient (Wildman–Crippen LogP) is 0.205. The van der Waals surface area contributed by atoms with Gasteiger partial charge in [0, 0.05) is 10.8 Å². The van der Waals surface area contributed by atoms with Crippen LogP contribution in [0.15, 0.2) is 36.4 Å². The largest absolute Gasteiger partial charge is 1.00 e. The summed E-state index contributed by atoms with van der Waals surface area (Å²) >= 11 is 0. The molecule has 0 unspecified atom stereocenters. The number of carboxylic acid groups (broad SMARTS) is 1. The minimum absolute atomic E-state index is 0. The van der Waals surface area contributed by atoms with Gasteiger partial charge in [-0.15, -0.1) is 0 Å². The van der Waals surface area contributed by atoms with Crippen molar-refractivity contribution in [3.63, 3.8) is 0 Å². The molecule has 39 heavy (non-hydrogen) atoms. The van der Waals surface area contributed by atoms with Crippen molar-refractivity contribution in [2.45, 2.75) is 52.0 Å². The molecule has 0 spiro atoms. The van der Waals surface area contributed by atoms with Crippen LogP contribution >= 0.6 is 0 Å². The molecule has 14 heteroatoms. The van der Waals surface area contributed by atoms with Crippen LogP contribution in [0.2, 0.25) is 0 Å². The Hall–Kier alpha value is -3.34. The maximum atomic E-state index is 13.3. The van der Waals surface area contributed by atoms with Crippen LogP contribution in [-0.2, 0) is 17.8 Å². The van der Waals surface area contributed by atoms with Gasteiger partial charge in [0.2, 0.25) is 0 Å². The van der Waals surface area contributed by atoms with Gasteiger partial charge in [-0.2, -0.15) is 10.2 Å². The Morgan fingerprint density at radius 1 is 0.846 bits per heavy atom. The number of benzene rings is 2. The molecule has 2 heterocycles. The summed E-state index contributed by atoms with van der Waals surface area (Å²) in [6, 6.07) is 7.86. The summed E-state index contributed by atoms with van der Waals surface area (Å²) in [5.74, 6) is -2.83. The molecule has 4 aromatic rings. The Morgan fingerprint density at radius 3 is 1.59 bits per heavy atom. The van der Waals surface area contributed by atoms with Crippen molar-refractivity contribution in [3.8, 4) is 0 Å². The molecule has 0 atom stereocenters. The van der Waals surface area contributed by atoms with Crippen molar-refractivity contribution in [2.75, 3.05) is 7.11 Å². The fourth-order valence-electron chi connectivity index (χ4n) is 3.68. The van der Waals surface area contributed by atoms with E-state index in [0.717, 1.165) is 6.07 Å². The minimum atomic E-state index is -1.22. The fourth-order valence-corrected chi connectivity index (χ4v) is 3.68. The number of methoxy groups -OCH3 is 1. The van der Waals surface area contributed by atoms with Crippen molar-refractivity contribution in [2.24, 2.45) is 0 Å². The van der Waals surface area contributed by atoms with Crippen LogP contribution in [0.4, 0.5) is 8.78 Å². The molecule has 4 N–H and O–H groups in total. The topological polar surface area (TPSA) is 170 Å². The minimum Gasteiger partial charge on any atom is -0.870 e. The third-order valence-electron chi connectivity index (χ3n) is 5.08. The number of carbonyl (C=O) groups is 2. The van der Waals surface area contributed by atoms with Crippen LogP contribution in [0, 0.1) is 11.6 Å². The Kier molecular flexibility index (Phi) is 10.9. The summed E-state index contributed by atoms with van der Waals surface area (Å²) in [4.78, 5) is 22.7. The fraction of sp³-hybridized carbons (Fsp3) is 0.360. The Bertz CT molecular complexity index is 1470. The van der Waals surface area contributed by atoms with Crippen molar-refractivity contribution in [1.29, 1.82) is 0 Å². The molecule has 0 saturated heterocycles. The van der Waals surface area contributed by atoms with Gasteiger partial charge in [0.15, 0.2) is 11.4 Å². The summed E-state index contributed by atoms with van der Waals surface area (Å²) in [5.41, 5.74) is -1.15. The van der Waals surface area contributed by atoms with E-state index < -0.39 is 34.8 Å². The number of aliphatic hydroxyl groups is 2. The number of esters is 1. The first-order valence-corrected chi connectivity index (χ1v) is 11.2. The van der Waals surface area contributed by atoms with E-state index in [1.165, 1.54) is 46.8 Å². The summed E-state index contributed by atoms with van der Waals surface area (Å²) in [6.45, 7) is 6.74. The number of halogens is 2. The number of carboxylic acids is 1. The molecule has 2 aromatic heterocycles. The van der Waals surface area contributed by atoms with E-state index in [-0.39, 0.29) is 54.2 Å². The molecule has 0 radical (unpaired) electrons. The molecule has 0 aliphatic carbocycles. The second-order valence-electron chi connectivity index (χ2n) is 9.76. The van der Waals surface area contributed by atoms with Gasteiger partial charge < -0.3 is 25.5 Å². The number of carbonyl (C=O) groups excluding carboxylic acids is 1. The van der Waals surface area contributed by atoms with Crippen LogP contribution in [0.25, 0.3) is 21.8 Å². The van der Waals surface area contributed by atoms with E-state index in [9.17, 15) is 28.6 Å². The molecular formula is C25H29F2LiN4O7. The first-order chi connectivity index (χ1) is 17.1. The van der Waals surface area contributed by atoms with Crippen molar-refractivity contribution in [3.05, 3.63) is 59.4 Å². The van der Waals surface area contributed by atoms with Gasteiger partial charge in [0.25, 0.3) is 0 Å². The van der Waals surface area contributed by atoms with Crippen LogP contribution in [0.5, 0.6) is 0 Å². The normalized spacial score (nSPS) is 11.3. The number of rotatable bonds is 6. The Labute approximate surface area is 234 Å². The summed E-state index contributed by atoms with van der Waals surface area (Å²) in [5, 5.41) is 37.2. The van der Waals surface area contributed by atoms with Crippen LogP contribution in [0.1, 0.15) is 48.7 Å². The Morgan fingerprint density at radius 2 is 1.23 bits per heavy atom. The molecule has 0 aliphatic rings. The molecule has 206 valence electrons. The van der Waals surface area contributed by atoms with Gasteiger partial charge in [0.1, 0.15) is 11.6 Å². The number of hydrogen-bond acceptors (Lipinski definition) is 8. The second kappa shape index (κ2) is 12.7. The maximum absolute atomic E-state index is 13.3. The number of aromatic carboxylic acids is 1. The molecule has 0 amide bonds. The van der Waals surface area contributed by atoms with Crippen molar-refractivity contribution in [1.82, 2.24) is 19.6 Å².